The van der Waals surface area contributed by atoms with Gasteiger partial charge in [0.15, 0.2) is 0 Å². The lowest BCUT2D eigenvalue weighted by atomic mass is 10.1. The van der Waals surface area contributed by atoms with Crippen LogP contribution >= 0.6 is 11.8 Å². The van der Waals surface area contributed by atoms with Crippen molar-refractivity contribution in [2.45, 2.75) is 18.7 Å². The maximum absolute atomic E-state index is 12.1. The molecule has 2 aromatic rings. The zero-order valence-electron chi connectivity index (χ0n) is 11.1. The third kappa shape index (κ3) is 3.64. The number of rotatable bonds is 5. The zero-order valence-corrected chi connectivity index (χ0v) is 11.9. The molecular formula is C15H17NO2S. The van der Waals surface area contributed by atoms with Crippen LogP contribution in [0.25, 0.3) is 0 Å². The van der Waals surface area contributed by atoms with Crippen LogP contribution in [-0.4, -0.2) is 12.2 Å². The van der Waals surface area contributed by atoms with Gasteiger partial charge in [0.25, 0.3) is 5.91 Å². The molecule has 1 atom stereocenters. The van der Waals surface area contributed by atoms with Crippen molar-refractivity contribution >= 4 is 17.7 Å². The van der Waals surface area contributed by atoms with E-state index < -0.39 is 0 Å². The predicted molar refractivity (Wildman–Crippen MR) is 78.3 cm³/mol. The molecule has 0 saturated carbocycles. The van der Waals surface area contributed by atoms with Gasteiger partial charge in [-0.25, -0.2) is 0 Å². The highest BCUT2D eigenvalue weighted by atomic mass is 32.2. The Morgan fingerprint density at radius 2 is 2.05 bits per heavy atom. The average Bonchev–Trinajstić information content (AvgIpc) is 2.94. The summed E-state index contributed by atoms with van der Waals surface area (Å²) in [5, 5.41) is 2.91. The van der Waals surface area contributed by atoms with Gasteiger partial charge in [-0.05, 0) is 43.0 Å². The van der Waals surface area contributed by atoms with Gasteiger partial charge in [0.05, 0.1) is 12.3 Å². The Bertz CT molecular complexity index is 520. The van der Waals surface area contributed by atoms with Crippen LogP contribution in [0.1, 0.15) is 34.6 Å². The van der Waals surface area contributed by atoms with Crippen molar-refractivity contribution in [2.75, 3.05) is 6.26 Å². The first-order chi connectivity index (χ1) is 9.20. The van der Waals surface area contributed by atoms with Gasteiger partial charge in [-0.3, -0.25) is 4.79 Å². The first kappa shape index (κ1) is 13.7. The van der Waals surface area contributed by atoms with Gasteiger partial charge in [-0.2, -0.15) is 11.8 Å². The van der Waals surface area contributed by atoms with Crippen LogP contribution in [0.4, 0.5) is 0 Å². The fourth-order valence-corrected chi connectivity index (χ4v) is 2.33. The van der Waals surface area contributed by atoms with Gasteiger partial charge in [0, 0.05) is 11.3 Å². The highest BCUT2D eigenvalue weighted by Crippen LogP contribution is 2.14. The number of amides is 1. The number of carbonyl (C=O) groups is 1. The maximum Gasteiger partial charge on any atom is 0.251 e. The molecule has 4 heteroatoms. The van der Waals surface area contributed by atoms with Gasteiger partial charge >= 0.3 is 0 Å². The normalized spacial score (nSPS) is 12.1. The molecule has 0 fully saturated rings. The number of hydrogen-bond acceptors (Lipinski definition) is 3. The number of nitrogens with one attached hydrogen (secondary N) is 1. The highest BCUT2D eigenvalue weighted by Gasteiger charge is 2.13. The number of hydrogen-bond donors (Lipinski definition) is 1. The zero-order chi connectivity index (χ0) is 13.7. The van der Waals surface area contributed by atoms with E-state index in [0.29, 0.717) is 5.56 Å². The lowest BCUT2D eigenvalue weighted by Gasteiger charge is -2.11. The molecule has 100 valence electrons. The van der Waals surface area contributed by atoms with Crippen LogP contribution in [-0.2, 0) is 5.75 Å². The van der Waals surface area contributed by atoms with E-state index >= 15 is 0 Å². The first-order valence-corrected chi connectivity index (χ1v) is 7.52. The highest BCUT2D eigenvalue weighted by molar-refractivity contribution is 7.97. The van der Waals surface area contributed by atoms with Crippen LogP contribution in [0.3, 0.4) is 0 Å². The minimum absolute atomic E-state index is 0.0837. The van der Waals surface area contributed by atoms with Crippen LogP contribution in [0.15, 0.2) is 47.1 Å². The minimum Gasteiger partial charge on any atom is -0.467 e. The molecule has 1 heterocycles. The van der Waals surface area contributed by atoms with Crippen LogP contribution in [0, 0.1) is 0 Å². The van der Waals surface area contributed by atoms with Crippen molar-refractivity contribution in [1.29, 1.82) is 0 Å². The third-order valence-corrected chi connectivity index (χ3v) is 3.47. The lowest BCUT2D eigenvalue weighted by Crippen LogP contribution is -2.26. The first-order valence-electron chi connectivity index (χ1n) is 6.13. The standard InChI is InChI=1S/C15H17NO2S/c1-11(14-4-3-9-18-14)16-15(17)13-7-5-12(6-8-13)10-19-2/h3-9,11H,10H2,1-2H3,(H,16,17)/t11-/m1/s1. The summed E-state index contributed by atoms with van der Waals surface area (Å²) in [7, 11) is 0. The van der Waals surface area contributed by atoms with Gasteiger partial charge in [-0.15, -0.1) is 0 Å². The predicted octanol–water partition coefficient (Wildman–Crippen LogP) is 3.63. The van der Waals surface area contributed by atoms with E-state index in [4.69, 9.17) is 4.42 Å². The topological polar surface area (TPSA) is 42.2 Å². The van der Waals surface area contributed by atoms with Crippen molar-refractivity contribution in [3.05, 3.63) is 59.5 Å². The molecule has 0 saturated heterocycles. The van der Waals surface area contributed by atoms with Gasteiger partial charge < -0.3 is 9.73 Å². The second-order valence-electron chi connectivity index (χ2n) is 4.34. The molecule has 3 nitrogen and oxygen atoms in total. The molecule has 2 rings (SSSR count). The van der Waals surface area contributed by atoms with Crippen molar-refractivity contribution in [3.63, 3.8) is 0 Å². The van der Waals surface area contributed by atoms with E-state index in [9.17, 15) is 4.79 Å². The Balaban J connectivity index is 1.99. The SMILES string of the molecule is CSCc1ccc(C(=O)N[C@H](C)c2ccco2)cc1. The minimum atomic E-state index is -0.131. The molecule has 1 aromatic carbocycles. The van der Waals surface area contributed by atoms with Gasteiger partial charge in [0.2, 0.25) is 0 Å². The second-order valence-corrected chi connectivity index (χ2v) is 5.21. The van der Waals surface area contributed by atoms with Crippen molar-refractivity contribution in [2.24, 2.45) is 0 Å². The average molecular weight is 275 g/mol. The largest absolute Gasteiger partial charge is 0.467 e. The molecule has 1 N–H and O–H groups in total. The fraction of sp³-hybridized carbons (Fsp3) is 0.267. The van der Waals surface area contributed by atoms with Crippen LogP contribution in [0.5, 0.6) is 0 Å². The molecule has 0 radical (unpaired) electrons. The Hall–Kier alpha value is -1.68. The molecule has 19 heavy (non-hydrogen) atoms. The maximum atomic E-state index is 12.1. The summed E-state index contributed by atoms with van der Waals surface area (Å²) in [6.07, 6.45) is 3.67. The summed E-state index contributed by atoms with van der Waals surface area (Å²) < 4.78 is 5.27. The van der Waals surface area contributed by atoms with E-state index in [2.05, 4.69) is 11.6 Å². The van der Waals surface area contributed by atoms with E-state index in [1.54, 1.807) is 18.0 Å². The molecule has 0 spiro atoms. The summed E-state index contributed by atoms with van der Waals surface area (Å²) >= 11 is 1.76. The smallest absolute Gasteiger partial charge is 0.251 e. The number of benzene rings is 1. The molecule has 0 bridgehead atoms. The van der Waals surface area contributed by atoms with E-state index in [1.165, 1.54) is 5.56 Å². The van der Waals surface area contributed by atoms with Gasteiger partial charge in [0.1, 0.15) is 5.76 Å². The van der Waals surface area contributed by atoms with Crippen LogP contribution in [0.2, 0.25) is 0 Å². The molecular weight excluding hydrogens is 258 g/mol. The second kappa shape index (κ2) is 6.48. The quantitative estimate of drug-likeness (QED) is 0.906. The Labute approximate surface area is 117 Å². The summed E-state index contributed by atoms with van der Waals surface area (Å²) in [4.78, 5) is 12.1. The van der Waals surface area contributed by atoms with Crippen molar-refractivity contribution in [3.8, 4) is 0 Å². The Kier molecular flexibility index (Phi) is 4.68. The summed E-state index contributed by atoms with van der Waals surface area (Å²) in [6.45, 7) is 1.90. The monoisotopic (exact) mass is 275 g/mol. The number of furan rings is 1. The fourth-order valence-electron chi connectivity index (χ4n) is 1.81. The summed E-state index contributed by atoms with van der Waals surface area (Å²) in [5.41, 5.74) is 1.89. The van der Waals surface area contributed by atoms with E-state index in [0.717, 1.165) is 11.5 Å². The Morgan fingerprint density at radius 3 is 2.63 bits per heavy atom. The summed E-state index contributed by atoms with van der Waals surface area (Å²) in [5.74, 6) is 1.64. The molecule has 0 unspecified atom stereocenters. The van der Waals surface area contributed by atoms with Crippen molar-refractivity contribution in [1.82, 2.24) is 5.32 Å². The third-order valence-electron chi connectivity index (χ3n) is 2.84. The lowest BCUT2D eigenvalue weighted by molar-refractivity contribution is 0.0935. The summed E-state index contributed by atoms with van der Waals surface area (Å²) in [6, 6.07) is 11.2. The van der Waals surface area contributed by atoms with Crippen molar-refractivity contribution < 1.29 is 9.21 Å². The number of thioether (sulfide) groups is 1. The molecule has 0 aliphatic rings. The molecule has 0 aliphatic heterocycles. The molecule has 1 amide bonds. The molecule has 1 aromatic heterocycles. The number of carbonyl (C=O) groups excluding carboxylic acids is 1. The van der Waals surface area contributed by atoms with E-state index in [-0.39, 0.29) is 11.9 Å². The molecule has 0 aliphatic carbocycles. The Morgan fingerprint density at radius 1 is 1.32 bits per heavy atom. The van der Waals surface area contributed by atoms with Crippen LogP contribution < -0.4 is 5.32 Å². The van der Waals surface area contributed by atoms with E-state index in [1.807, 2.05) is 43.3 Å². The van der Waals surface area contributed by atoms with Gasteiger partial charge in [-0.1, -0.05) is 12.1 Å².